The number of sulfone groups is 1. The minimum absolute atomic E-state index is 0.181. The summed E-state index contributed by atoms with van der Waals surface area (Å²) in [5.41, 5.74) is 0. The van der Waals surface area contributed by atoms with Crippen LogP contribution in [0.5, 0.6) is 0 Å². The lowest BCUT2D eigenvalue weighted by Crippen LogP contribution is -2.57. The average molecular weight is 303 g/mol. The van der Waals surface area contributed by atoms with Gasteiger partial charge in [0.2, 0.25) is 0 Å². The summed E-state index contributed by atoms with van der Waals surface area (Å²) in [6, 6.07) is 0. The van der Waals surface area contributed by atoms with Gasteiger partial charge >= 0.3 is 0 Å². The van der Waals surface area contributed by atoms with Crippen LogP contribution in [0.25, 0.3) is 0 Å². The van der Waals surface area contributed by atoms with Gasteiger partial charge in [-0.25, -0.2) is 8.42 Å². The van der Waals surface area contributed by atoms with Gasteiger partial charge in [0.25, 0.3) is 0 Å². The van der Waals surface area contributed by atoms with Gasteiger partial charge in [-0.1, -0.05) is 0 Å². The van der Waals surface area contributed by atoms with Crippen LogP contribution in [-0.4, -0.2) is 69.2 Å². The lowest BCUT2D eigenvalue weighted by atomic mass is 10.2. The van der Waals surface area contributed by atoms with E-state index in [1.165, 1.54) is 0 Å². The van der Waals surface area contributed by atoms with E-state index in [0.717, 1.165) is 32.0 Å². The van der Waals surface area contributed by atoms with Crippen LogP contribution in [0.1, 0.15) is 26.7 Å². The maximum atomic E-state index is 12.0. The van der Waals surface area contributed by atoms with Crippen LogP contribution >= 0.6 is 0 Å². The Bertz CT molecular complexity index is 467. The summed E-state index contributed by atoms with van der Waals surface area (Å²) in [6.07, 6.45) is 2.43. The molecule has 2 aliphatic heterocycles. The van der Waals surface area contributed by atoms with Crippen molar-refractivity contribution in [1.29, 1.82) is 0 Å². The molecule has 1 atom stereocenters. The Hall–Kier alpha value is -0.820. The third-order valence-corrected chi connectivity index (χ3v) is 6.60. The topological polar surface area (TPSA) is 71.0 Å². The number of aliphatic imine (C=N–C) groups is 1. The molecule has 0 amide bonds. The summed E-state index contributed by atoms with van der Waals surface area (Å²) >= 11 is 0. The van der Waals surface area contributed by atoms with Crippen LogP contribution in [0.4, 0.5) is 0 Å². The highest BCUT2D eigenvalue weighted by atomic mass is 32.2. The van der Waals surface area contributed by atoms with Crippen molar-refractivity contribution in [2.45, 2.75) is 37.5 Å². The molecule has 0 aliphatic carbocycles. The van der Waals surface area contributed by atoms with E-state index in [0.29, 0.717) is 13.1 Å². The quantitative estimate of drug-likeness (QED) is 0.585. The van der Waals surface area contributed by atoms with Crippen LogP contribution in [-0.2, 0) is 14.6 Å². The molecule has 6 nitrogen and oxygen atoms in total. The molecule has 0 aromatic rings. The molecule has 0 bridgehead atoms. The Morgan fingerprint density at radius 1 is 1.50 bits per heavy atom. The van der Waals surface area contributed by atoms with E-state index in [2.05, 4.69) is 10.3 Å². The second-order valence-electron chi connectivity index (χ2n) is 6.06. The number of ether oxygens (including phenoxy) is 1. The minimum atomic E-state index is -3.02. The Labute approximate surface area is 121 Å². The third-order valence-electron chi connectivity index (χ3n) is 4.07. The molecule has 0 saturated carbocycles. The van der Waals surface area contributed by atoms with Gasteiger partial charge < -0.3 is 15.0 Å². The summed E-state index contributed by atoms with van der Waals surface area (Å²) in [6.45, 7) is 6.09. The summed E-state index contributed by atoms with van der Waals surface area (Å²) in [7, 11) is -1.29. The maximum Gasteiger partial charge on any atom is 0.193 e. The molecule has 0 spiro atoms. The van der Waals surface area contributed by atoms with Crippen molar-refractivity contribution in [2.75, 3.05) is 39.0 Å². The fourth-order valence-corrected chi connectivity index (χ4v) is 4.03. The fraction of sp³-hybridized carbons (Fsp3) is 0.923. The first-order valence-electron chi connectivity index (χ1n) is 7.15. The van der Waals surface area contributed by atoms with Crippen molar-refractivity contribution in [3.05, 3.63) is 0 Å². The van der Waals surface area contributed by atoms with E-state index < -0.39 is 14.6 Å². The van der Waals surface area contributed by atoms with Gasteiger partial charge in [-0.2, -0.15) is 0 Å². The van der Waals surface area contributed by atoms with Crippen LogP contribution in [0.15, 0.2) is 4.99 Å². The average Bonchev–Trinajstić information content (AvgIpc) is 2.87. The highest BCUT2D eigenvalue weighted by Crippen LogP contribution is 2.23. The molecule has 0 aromatic heterocycles. The van der Waals surface area contributed by atoms with E-state index in [9.17, 15) is 8.42 Å². The summed E-state index contributed by atoms with van der Waals surface area (Å²) in [5, 5.41) is 3.30. The molecule has 0 radical (unpaired) electrons. The number of nitrogens with one attached hydrogen (secondary N) is 1. The molecule has 2 aliphatic rings. The standard InChI is InChI=1S/C13H25N3O3S/c1-13(2)10-16(6-8-20(13,17)18)12(14-3)15-9-11-5-4-7-19-11/h11H,4-10H2,1-3H3,(H,14,15). The first-order valence-corrected chi connectivity index (χ1v) is 8.80. The normalized spacial score (nSPS) is 29.4. The first kappa shape index (κ1) is 15.6. The minimum Gasteiger partial charge on any atom is -0.376 e. The maximum absolute atomic E-state index is 12.0. The van der Waals surface area contributed by atoms with Crippen molar-refractivity contribution < 1.29 is 13.2 Å². The van der Waals surface area contributed by atoms with E-state index in [1.807, 2.05) is 4.90 Å². The Morgan fingerprint density at radius 3 is 2.80 bits per heavy atom. The molecule has 2 fully saturated rings. The second kappa shape index (κ2) is 5.89. The van der Waals surface area contributed by atoms with Gasteiger partial charge in [-0.05, 0) is 26.7 Å². The summed E-state index contributed by atoms with van der Waals surface area (Å²) in [5.74, 6) is 0.948. The molecular weight excluding hydrogens is 278 g/mol. The third kappa shape index (κ3) is 3.25. The lowest BCUT2D eigenvalue weighted by molar-refractivity contribution is 0.113. The van der Waals surface area contributed by atoms with Crippen molar-refractivity contribution in [1.82, 2.24) is 10.2 Å². The van der Waals surface area contributed by atoms with Gasteiger partial charge in [-0.15, -0.1) is 0 Å². The number of rotatable bonds is 2. The highest BCUT2D eigenvalue weighted by Gasteiger charge is 2.41. The summed E-state index contributed by atoms with van der Waals surface area (Å²) in [4.78, 5) is 6.29. The number of hydrogen-bond acceptors (Lipinski definition) is 4. The first-order chi connectivity index (χ1) is 9.36. The molecule has 0 aromatic carbocycles. The zero-order valence-corrected chi connectivity index (χ0v) is 13.4. The number of nitrogens with zero attached hydrogens (tertiary/aromatic N) is 2. The van der Waals surface area contributed by atoms with Crippen molar-refractivity contribution in [3.8, 4) is 0 Å². The van der Waals surface area contributed by atoms with Crippen LogP contribution < -0.4 is 5.32 Å². The SMILES string of the molecule is CN=C(NCC1CCCO1)N1CCS(=O)(=O)C(C)(C)C1. The molecule has 1 unspecified atom stereocenters. The van der Waals surface area contributed by atoms with Gasteiger partial charge in [0.1, 0.15) is 0 Å². The predicted octanol–water partition coefficient (Wildman–Crippen LogP) is 0.250. The van der Waals surface area contributed by atoms with E-state index in [-0.39, 0.29) is 11.9 Å². The summed E-state index contributed by atoms with van der Waals surface area (Å²) < 4.78 is 28.9. The van der Waals surface area contributed by atoms with Crippen molar-refractivity contribution in [2.24, 2.45) is 4.99 Å². The largest absolute Gasteiger partial charge is 0.376 e. The van der Waals surface area contributed by atoms with Crippen LogP contribution in [0.2, 0.25) is 0 Å². The van der Waals surface area contributed by atoms with E-state index >= 15 is 0 Å². The smallest absolute Gasteiger partial charge is 0.193 e. The molecule has 2 heterocycles. The van der Waals surface area contributed by atoms with Gasteiger partial charge in [0.15, 0.2) is 15.8 Å². The van der Waals surface area contributed by atoms with Crippen molar-refractivity contribution in [3.63, 3.8) is 0 Å². The van der Waals surface area contributed by atoms with Crippen LogP contribution in [0.3, 0.4) is 0 Å². The second-order valence-corrected chi connectivity index (χ2v) is 8.81. The molecule has 2 rings (SSSR count). The van der Waals surface area contributed by atoms with Crippen molar-refractivity contribution >= 4 is 15.8 Å². The van der Waals surface area contributed by atoms with Gasteiger partial charge in [0.05, 0.1) is 16.6 Å². The Morgan fingerprint density at radius 2 is 2.25 bits per heavy atom. The Kier molecular flexibility index (Phi) is 4.59. The zero-order chi connectivity index (χ0) is 14.8. The zero-order valence-electron chi connectivity index (χ0n) is 12.6. The van der Waals surface area contributed by atoms with E-state index in [4.69, 9.17) is 4.74 Å². The lowest BCUT2D eigenvalue weighted by Gasteiger charge is -2.39. The Balaban J connectivity index is 1.95. The van der Waals surface area contributed by atoms with Gasteiger partial charge in [-0.3, -0.25) is 4.99 Å². The van der Waals surface area contributed by atoms with E-state index in [1.54, 1.807) is 20.9 Å². The monoisotopic (exact) mass is 303 g/mol. The molecule has 7 heteroatoms. The van der Waals surface area contributed by atoms with Crippen LogP contribution in [0, 0.1) is 0 Å². The predicted molar refractivity (Wildman–Crippen MR) is 79.8 cm³/mol. The molecule has 20 heavy (non-hydrogen) atoms. The highest BCUT2D eigenvalue weighted by molar-refractivity contribution is 7.92. The fourth-order valence-electron chi connectivity index (χ4n) is 2.67. The molecule has 1 N–H and O–H groups in total. The van der Waals surface area contributed by atoms with Gasteiger partial charge in [0, 0.05) is 33.3 Å². The molecular formula is C13H25N3O3S. The molecule has 2 saturated heterocycles. The molecule has 116 valence electrons. The number of hydrogen-bond donors (Lipinski definition) is 1. The number of guanidine groups is 1.